The topological polar surface area (TPSA) is 67.3 Å². The van der Waals surface area contributed by atoms with E-state index in [1.807, 2.05) is 19.0 Å². The van der Waals surface area contributed by atoms with Gasteiger partial charge in [0.1, 0.15) is 0 Å². The highest BCUT2D eigenvalue weighted by Crippen LogP contribution is 2.02. The molecule has 0 unspecified atom stereocenters. The molecule has 0 bridgehead atoms. The van der Waals surface area contributed by atoms with E-state index in [0.717, 1.165) is 13.1 Å². The van der Waals surface area contributed by atoms with Gasteiger partial charge in [0.25, 0.3) is 0 Å². The van der Waals surface area contributed by atoms with E-state index in [-0.39, 0.29) is 5.69 Å². The van der Waals surface area contributed by atoms with Gasteiger partial charge in [-0.25, -0.2) is 14.8 Å². The zero-order chi connectivity index (χ0) is 12.7. The Hall–Kier alpha value is -1.69. The third-order valence-electron chi connectivity index (χ3n) is 1.98. The number of likely N-dealkylation sites (N-methyl/N-ethyl adjacent to an activating group) is 1. The molecule has 0 radical (unpaired) electrons. The molecule has 0 aromatic carbocycles. The van der Waals surface area contributed by atoms with Crippen molar-refractivity contribution in [2.75, 3.05) is 39.1 Å². The molecule has 17 heavy (non-hydrogen) atoms. The number of carbonyl (C=O) groups excluding carboxylic acids is 1. The van der Waals surface area contributed by atoms with E-state index in [9.17, 15) is 4.79 Å². The summed E-state index contributed by atoms with van der Waals surface area (Å²) in [5, 5.41) is 3.04. The van der Waals surface area contributed by atoms with Gasteiger partial charge in [-0.15, -0.1) is 0 Å². The minimum atomic E-state index is -0.425. The number of carbonyl (C=O) groups is 1. The van der Waals surface area contributed by atoms with Gasteiger partial charge in [0.05, 0.1) is 6.61 Å². The maximum absolute atomic E-state index is 11.4. The minimum Gasteiger partial charge on any atom is -0.461 e. The molecule has 0 fully saturated rings. The van der Waals surface area contributed by atoms with Crippen LogP contribution in [0.25, 0.3) is 0 Å². The molecule has 0 aliphatic rings. The van der Waals surface area contributed by atoms with E-state index in [1.54, 1.807) is 6.92 Å². The summed E-state index contributed by atoms with van der Waals surface area (Å²) in [5.41, 5.74) is 0.272. The fourth-order valence-electron chi connectivity index (χ4n) is 1.15. The molecule has 0 amide bonds. The monoisotopic (exact) mass is 238 g/mol. The molecule has 94 valence electrons. The van der Waals surface area contributed by atoms with Crippen molar-refractivity contribution in [1.82, 2.24) is 14.9 Å². The zero-order valence-corrected chi connectivity index (χ0v) is 10.4. The lowest BCUT2D eigenvalue weighted by Gasteiger charge is -2.10. The lowest BCUT2D eigenvalue weighted by atomic mass is 10.4. The maximum atomic E-state index is 11.4. The van der Waals surface area contributed by atoms with Gasteiger partial charge in [0, 0.05) is 19.3 Å². The van der Waals surface area contributed by atoms with Gasteiger partial charge >= 0.3 is 5.97 Å². The zero-order valence-electron chi connectivity index (χ0n) is 10.4. The Morgan fingerprint density at radius 3 is 2.94 bits per heavy atom. The van der Waals surface area contributed by atoms with Gasteiger partial charge in [0.15, 0.2) is 5.69 Å². The van der Waals surface area contributed by atoms with Gasteiger partial charge in [0.2, 0.25) is 5.95 Å². The Kier molecular flexibility index (Phi) is 5.35. The maximum Gasteiger partial charge on any atom is 0.357 e. The van der Waals surface area contributed by atoms with E-state index in [0.29, 0.717) is 12.6 Å². The number of hydrogen-bond acceptors (Lipinski definition) is 6. The molecule has 0 spiro atoms. The van der Waals surface area contributed by atoms with Crippen LogP contribution in [-0.4, -0.2) is 54.6 Å². The molecule has 1 aromatic heterocycles. The summed E-state index contributed by atoms with van der Waals surface area (Å²) < 4.78 is 4.86. The second-order valence-corrected chi connectivity index (χ2v) is 3.72. The van der Waals surface area contributed by atoms with Crippen molar-refractivity contribution in [2.45, 2.75) is 6.92 Å². The SMILES string of the molecule is CCOC(=O)c1ccnc(NCCN(C)C)n1. The summed E-state index contributed by atoms with van der Waals surface area (Å²) in [6.07, 6.45) is 1.54. The molecule has 0 saturated heterocycles. The smallest absolute Gasteiger partial charge is 0.357 e. The van der Waals surface area contributed by atoms with E-state index < -0.39 is 5.97 Å². The van der Waals surface area contributed by atoms with Gasteiger partial charge in [-0.05, 0) is 27.1 Å². The molecule has 0 atom stereocenters. The molecular weight excluding hydrogens is 220 g/mol. The fourth-order valence-corrected chi connectivity index (χ4v) is 1.15. The first kappa shape index (κ1) is 13.4. The van der Waals surface area contributed by atoms with Gasteiger partial charge in [-0.3, -0.25) is 0 Å². The van der Waals surface area contributed by atoms with Crippen LogP contribution in [0.2, 0.25) is 0 Å². The molecule has 1 aromatic rings. The molecular formula is C11H18N4O2. The third kappa shape index (κ3) is 4.78. The second kappa shape index (κ2) is 6.80. The van der Waals surface area contributed by atoms with Crippen LogP contribution in [0.15, 0.2) is 12.3 Å². The lowest BCUT2D eigenvalue weighted by molar-refractivity contribution is 0.0519. The number of nitrogens with zero attached hydrogens (tertiary/aromatic N) is 3. The van der Waals surface area contributed by atoms with E-state index in [1.165, 1.54) is 12.3 Å². The minimum absolute atomic E-state index is 0.272. The number of anilines is 1. The van der Waals surface area contributed by atoms with Gasteiger partial charge < -0.3 is 15.0 Å². The Morgan fingerprint density at radius 2 is 2.29 bits per heavy atom. The first-order valence-corrected chi connectivity index (χ1v) is 5.52. The number of aromatic nitrogens is 2. The molecule has 1 heterocycles. The summed E-state index contributed by atoms with van der Waals surface area (Å²) in [6.45, 7) is 3.69. The molecule has 0 aliphatic carbocycles. The highest BCUT2D eigenvalue weighted by Gasteiger charge is 2.08. The van der Waals surface area contributed by atoms with Crippen molar-refractivity contribution >= 4 is 11.9 Å². The normalized spacial score (nSPS) is 10.4. The Labute approximate surface area is 101 Å². The van der Waals surface area contributed by atoms with Crippen molar-refractivity contribution < 1.29 is 9.53 Å². The van der Waals surface area contributed by atoms with Crippen LogP contribution in [-0.2, 0) is 4.74 Å². The largest absolute Gasteiger partial charge is 0.461 e. The molecule has 6 nitrogen and oxygen atoms in total. The summed E-state index contributed by atoms with van der Waals surface area (Å²) in [6, 6.07) is 1.54. The van der Waals surface area contributed by atoms with Crippen LogP contribution in [0.5, 0.6) is 0 Å². The highest BCUT2D eigenvalue weighted by atomic mass is 16.5. The lowest BCUT2D eigenvalue weighted by Crippen LogP contribution is -2.21. The number of esters is 1. The average molecular weight is 238 g/mol. The van der Waals surface area contributed by atoms with E-state index in [2.05, 4.69) is 15.3 Å². The van der Waals surface area contributed by atoms with Crippen molar-refractivity contribution in [3.63, 3.8) is 0 Å². The highest BCUT2D eigenvalue weighted by molar-refractivity contribution is 5.87. The van der Waals surface area contributed by atoms with Crippen molar-refractivity contribution in [3.05, 3.63) is 18.0 Å². The third-order valence-corrected chi connectivity index (χ3v) is 1.98. The molecule has 1 N–H and O–H groups in total. The number of hydrogen-bond donors (Lipinski definition) is 1. The summed E-state index contributed by atoms with van der Waals surface area (Å²) in [5.74, 6) is 0.0166. The average Bonchev–Trinajstić information content (AvgIpc) is 2.29. The van der Waals surface area contributed by atoms with Crippen molar-refractivity contribution in [2.24, 2.45) is 0 Å². The molecule has 1 rings (SSSR count). The summed E-state index contributed by atoms with van der Waals surface area (Å²) in [4.78, 5) is 21.6. The van der Waals surface area contributed by atoms with Crippen molar-refractivity contribution in [1.29, 1.82) is 0 Å². The van der Waals surface area contributed by atoms with Crippen LogP contribution >= 0.6 is 0 Å². The standard InChI is InChI=1S/C11H18N4O2/c1-4-17-10(16)9-5-6-12-11(14-9)13-7-8-15(2)3/h5-6H,4,7-8H2,1-3H3,(H,12,13,14). The summed E-state index contributed by atoms with van der Waals surface area (Å²) >= 11 is 0. The van der Waals surface area contributed by atoms with Crippen molar-refractivity contribution in [3.8, 4) is 0 Å². The molecule has 6 heteroatoms. The number of rotatable bonds is 6. The Balaban J connectivity index is 2.56. The molecule has 0 saturated carbocycles. The van der Waals surface area contributed by atoms with Crippen LogP contribution in [0, 0.1) is 0 Å². The number of ether oxygens (including phenoxy) is 1. The fraction of sp³-hybridized carbons (Fsp3) is 0.545. The van der Waals surface area contributed by atoms with Crippen LogP contribution in [0.1, 0.15) is 17.4 Å². The Morgan fingerprint density at radius 1 is 1.53 bits per heavy atom. The second-order valence-electron chi connectivity index (χ2n) is 3.72. The first-order valence-electron chi connectivity index (χ1n) is 5.52. The van der Waals surface area contributed by atoms with E-state index >= 15 is 0 Å². The van der Waals surface area contributed by atoms with Gasteiger partial charge in [-0.2, -0.15) is 0 Å². The molecule has 0 aliphatic heterocycles. The van der Waals surface area contributed by atoms with Gasteiger partial charge in [-0.1, -0.05) is 0 Å². The first-order chi connectivity index (χ1) is 8.13. The van der Waals surface area contributed by atoms with E-state index in [4.69, 9.17) is 4.74 Å². The predicted octanol–water partition coefficient (Wildman–Crippen LogP) is 0.627. The quantitative estimate of drug-likeness (QED) is 0.733. The predicted molar refractivity (Wildman–Crippen MR) is 65.0 cm³/mol. The Bertz CT molecular complexity index is 368. The van der Waals surface area contributed by atoms with Crippen LogP contribution in [0.4, 0.5) is 5.95 Å². The van der Waals surface area contributed by atoms with Crippen LogP contribution in [0.3, 0.4) is 0 Å². The van der Waals surface area contributed by atoms with Crippen LogP contribution < -0.4 is 5.32 Å². The summed E-state index contributed by atoms with van der Waals surface area (Å²) in [7, 11) is 3.97. The number of nitrogens with one attached hydrogen (secondary N) is 1.